The number of amides is 1. The van der Waals surface area contributed by atoms with E-state index < -0.39 is 0 Å². The van der Waals surface area contributed by atoms with E-state index in [2.05, 4.69) is 15.6 Å². The van der Waals surface area contributed by atoms with Gasteiger partial charge in [-0.1, -0.05) is 28.9 Å². The van der Waals surface area contributed by atoms with E-state index in [9.17, 15) is 9.59 Å². The van der Waals surface area contributed by atoms with Crippen LogP contribution in [0.2, 0.25) is 5.02 Å². The number of nitrogens with one attached hydrogen (secondary N) is 1. The number of nitrogens with zero attached hydrogens (tertiary/aromatic N) is 3. The maximum atomic E-state index is 12.4. The summed E-state index contributed by atoms with van der Waals surface area (Å²) in [5.41, 5.74) is 1.79. The molecule has 3 aromatic rings. The van der Waals surface area contributed by atoms with Gasteiger partial charge >= 0.3 is 0 Å². The van der Waals surface area contributed by atoms with Crippen LogP contribution in [0.4, 0.5) is 0 Å². The molecule has 1 N–H and O–H groups in total. The number of rotatable bonds is 7. The van der Waals surface area contributed by atoms with Crippen LogP contribution in [-0.4, -0.2) is 27.4 Å². The van der Waals surface area contributed by atoms with Crippen LogP contribution in [0.5, 0.6) is 0 Å². The van der Waals surface area contributed by atoms with Crippen molar-refractivity contribution in [3.8, 4) is 0 Å². The second-order valence-electron chi connectivity index (χ2n) is 6.41. The van der Waals surface area contributed by atoms with Gasteiger partial charge in [0.15, 0.2) is 5.52 Å². The number of aromatic nitrogens is 3. The summed E-state index contributed by atoms with van der Waals surface area (Å²) in [6.45, 7) is 4.47. The number of carbonyl (C=O) groups is 1. The molecule has 0 fully saturated rings. The van der Waals surface area contributed by atoms with Crippen molar-refractivity contribution in [3.05, 3.63) is 56.7 Å². The van der Waals surface area contributed by atoms with Gasteiger partial charge in [0.05, 0.1) is 11.1 Å². The molecule has 0 aliphatic rings. The summed E-state index contributed by atoms with van der Waals surface area (Å²) in [5, 5.41) is 12.4. The first kappa shape index (κ1) is 19.1. The minimum absolute atomic E-state index is 0.0490. The van der Waals surface area contributed by atoms with Gasteiger partial charge in [0.1, 0.15) is 5.76 Å². The van der Waals surface area contributed by atoms with Crippen molar-refractivity contribution in [2.45, 2.75) is 39.7 Å². The summed E-state index contributed by atoms with van der Waals surface area (Å²) in [5.74, 6) is 0.534. The molecule has 8 heteroatoms. The van der Waals surface area contributed by atoms with Gasteiger partial charge in [-0.2, -0.15) is 5.10 Å². The van der Waals surface area contributed by atoms with Crippen molar-refractivity contribution < 1.29 is 9.32 Å². The molecule has 0 spiro atoms. The Morgan fingerprint density at radius 2 is 2.00 bits per heavy atom. The normalized spacial score (nSPS) is 11.1. The molecule has 0 atom stereocenters. The van der Waals surface area contributed by atoms with E-state index in [1.165, 1.54) is 4.68 Å². The summed E-state index contributed by atoms with van der Waals surface area (Å²) in [7, 11) is 0. The standard InChI is InChI=1S/C19H21ClN4O3/c1-12-17-13(2)27-23-18(17)19(26)24(22-12)11-3-4-16(25)21-10-9-14-5-7-15(20)8-6-14/h5-8H,3-4,9-11H2,1-2H3,(H,21,25). The monoisotopic (exact) mass is 388 g/mol. The van der Waals surface area contributed by atoms with E-state index >= 15 is 0 Å². The Kier molecular flexibility index (Phi) is 5.91. The molecule has 1 amide bonds. The number of aryl methyl sites for hydroxylation is 3. The third-order valence-electron chi connectivity index (χ3n) is 4.36. The molecule has 0 bridgehead atoms. The number of halogens is 1. The van der Waals surface area contributed by atoms with E-state index in [4.69, 9.17) is 16.1 Å². The van der Waals surface area contributed by atoms with E-state index in [1.807, 2.05) is 31.2 Å². The summed E-state index contributed by atoms with van der Waals surface area (Å²) in [6, 6.07) is 7.55. The number of hydrogen-bond acceptors (Lipinski definition) is 5. The summed E-state index contributed by atoms with van der Waals surface area (Å²) in [4.78, 5) is 24.4. The molecule has 0 saturated heterocycles. The van der Waals surface area contributed by atoms with Gasteiger partial charge in [-0.05, 0) is 44.4 Å². The Morgan fingerprint density at radius 1 is 1.26 bits per heavy atom. The molecular weight excluding hydrogens is 368 g/mol. The molecule has 2 aromatic heterocycles. The van der Waals surface area contributed by atoms with Gasteiger partial charge in [0.25, 0.3) is 5.56 Å². The number of carbonyl (C=O) groups excluding carboxylic acids is 1. The van der Waals surface area contributed by atoms with Crippen molar-refractivity contribution in [1.29, 1.82) is 0 Å². The minimum Gasteiger partial charge on any atom is -0.360 e. The minimum atomic E-state index is -0.296. The van der Waals surface area contributed by atoms with Crippen molar-refractivity contribution in [2.75, 3.05) is 6.54 Å². The third-order valence-corrected chi connectivity index (χ3v) is 4.61. The lowest BCUT2D eigenvalue weighted by atomic mass is 10.1. The van der Waals surface area contributed by atoms with Crippen molar-refractivity contribution >= 4 is 28.4 Å². The zero-order chi connectivity index (χ0) is 19.4. The van der Waals surface area contributed by atoms with Gasteiger partial charge in [0.2, 0.25) is 5.91 Å². The molecule has 0 saturated carbocycles. The van der Waals surface area contributed by atoms with Gasteiger partial charge < -0.3 is 9.84 Å². The number of fused-ring (bicyclic) bond motifs is 1. The predicted octanol–water partition coefficient (Wildman–Crippen LogP) is 2.79. The Balaban J connectivity index is 1.48. The lowest BCUT2D eigenvalue weighted by Gasteiger charge is -2.07. The first-order valence-corrected chi connectivity index (χ1v) is 9.18. The molecule has 3 rings (SSSR count). The van der Waals surface area contributed by atoms with E-state index in [1.54, 1.807) is 6.92 Å². The quantitative estimate of drug-likeness (QED) is 0.672. The van der Waals surface area contributed by atoms with Crippen molar-refractivity contribution in [3.63, 3.8) is 0 Å². The lowest BCUT2D eigenvalue weighted by Crippen LogP contribution is -2.27. The van der Waals surface area contributed by atoms with Gasteiger partial charge in [0, 0.05) is 24.5 Å². The average molecular weight is 389 g/mol. The summed E-state index contributed by atoms with van der Waals surface area (Å²) >= 11 is 5.85. The van der Waals surface area contributed by atoms with Crippen LogP contribution in [0, 0.1) is 13.8 Å². The maximum absolute atomic E-state index is 12.4. The highest BCUT2D eigenvalue weighted by Crippen LogP contribution is 2.16. The van der Waals surface area contributed by atoms with Crippen LogP contribution in [0.15, 0.2) is 33.6 Å². The third kappa shape index (κ3) is 4.54. The predicted molar refractivity (Wildman–Crippen MR) is 103 cm³/mol. The first-order valence-electron chi connectivity index (χ1n) is 8.80. The fraction of sp³-hybridized carbons (Fsp3) is 0.368. The van der Waals surface area contributed by atoms with Crippen LogP contribution in [0.1, 0.15) is 29.9 Å². The van der Waals surface area contributed by atoms with Gasteiger partial charge in [-0.3, -0.25) is 9.59 Å². The van der Waals surface area contributed by atoms with Crippen LogP contribution >= 0.6 is 11.6 Å². The SMILES string of the molecule is Cc1nn(CCCC(=O)NCCc2ccc(Cl)cc2)c(=O)c2noc(C)c12. The van der Waals surface area contributed by atoms with Crippen molar-refractivity contribution in [2.24, 2.45) is 0 Å². The maximum Gasteiger partial charge on any atom is 0.296 e. The second-order valence-corrected chi connectivity index (χ2v) is 6.84. The molecule has 0 unspecified atom stereocenters. The van der Waals surface area contributed by atoms with Gasteiger partial charge in [-0.15, -0.1) is 0 Å². The molecule has 7 nitrogen and oxygen atoms in total. The zero-order valence-electron chi connectivity index (χ0n) is 15.3. The second kappa shape index (κ2) is 8.35. The smallest absolute Gasteiger partial charge is 0.296 e. The number of benzene rings is 1. The van der Waals surface area contributed by atoms with E-state index in [0.29, 0.717) is 47.8 Å². The lowest BCUT2D eigenvalue weighted by molar-refractivity contribution is -0.121. The largest absolute Gasteiger partial charge is 0.360 e. The average Bonchev–Trinajstić information content (AvgIpc) is 3.03. The Labute approximate surface area is 161 Å². The molecule has 1 aromatic carbocycles. The highest BCUT2D eigenvalue weighted by atomic mass is 35.5. The molecule has 142 valence electrons. The fourth-order valence-corrected chi connectivity index (χ4v) is 3.10. The molecule has 27 heavy (non-hydrogen) atoms. The molecular formula is C19H21ClN4O3. The zero-order valence-corrected chi connectivity index (χ0v) is 16.0. The Hall–Kier alpha value is -2.67. The highest BCUT2D eigenvalue weighted by molar-refractivity contribution is 6.30. The summed E-state index contributed by atoms with van der Waals surface area (Å²) in [6.07, 6.45) is 1.58. The van der Waals surface area contributed by atoms with Crippen LogP contribution in [-0.2, 0) is 17.8 Å². The van der Waals surface area contributed by atoms with E-state index in [0.717, 1.165) is 12.0 Å². The molecule has 0 radical (unpaired) electrons. The Morgan fingerprint density at radius 3 is 2.74 bits per heavy atom. The Bertz CT molecular complexity index is 1010. The molecule has 0 aliphatic carbocycles. The molecule has 0 aliphatic heterocycles. The fourth-order valence-electron chi connectivity index (χ4n) is 2.97. The topological polar surface area (TPSA) is 90.0 Å². The number of hydrogen-bond donors (Lipinski definition) is 1. The van der Waals surface area contributed by atoms with Crippen LogP contribution < -0.4 is 10.9 Å². The molecule has 2 heterocycles. The van der Waals surface area contributed by atoms with E-state index in [-0.39, 0.29) is 17.0 Å². The van der Waals surface area contributed by atoms with Crippen molar-refractivity contribution in [1.82, 2.24) is 20.3 Å². The first-order chi connectivity index (χ1) is 13.0. The van der Waals surface area contributed by atoms with Gasteiger partial charge in [-0.25, -0.2) is 4.68 Å². The summed E-state index contributed by atoms with van der Waals surface area (Å²) < 4.78 is 6.43. The van der Waals surface area contributed by atoms with Crippen LogP contribution in [0.25, 0.3) is 10.9 Å². The highest BCUT2D eigenvalue weighted by Gasteiger charge is 2.15. The van der Waals surface area contributed by atoms with Crippen LogP contribution in [0.3, 0.4) is 0 Å².